The molecule has 11 heteroatoms. The van der Waals surface area contributed by atoms with Crippen molar-refractivity contribution in [2.24, 2.45) is 0 Å². The van der Waals surface area contributed by atoms with Gasteiger partial charge in [-0.25, -0.2) is 15.0 Å². The van der Waals surface area contributed by atoms with Gasteiger partial charge >= 0.3 is 0 Å². The maximum atomic E-state index is 12.9. The summed E-state index contributed by atoms with van der Waals surface area (Å²) in [6.45, 7) is 3.43. The Hall–Kier alpha value is -3.83. The van der Waals surface area contributed by atoms with Crippen LogP contribution in [0.15, 0.2) is 60.8 Å². The monoisotopic (exact) mass is 655 g/mol. The molecule has 47 heavy (non-hydrogen) atoms. The smallest absolute Gasteiger partial charge is 0.214 e. The zero-order chi connectivity index (χ0) is 32.0. The first-order chi connectivity index (χ1) is 23.0. The zero-order valence-electron chi connectivity index (χ0n) is 26.6. The molecule has 0 unspecified atom stereocenters. The lowest BCUT2D eigenvalue weighted by atomic mass is 10.1. The molecule has 9 nitrogen and oxygen atoms in total. The van der Waals surface area contributed by atoms with E-state index in [0.717, 1.165) is 60.1 Å². The third-order valence-corrected chi connectivity index (χ3v) is 9.55. The average Bonchev–Trinajstić information content (AvgIpc) is 3.90. The van der Waals surface area contributed by atoms with Gasteiger partial charge in [-0.3, -0.25) is 0 Å². The molecule has 0 saturated carbocycles. The van der Waals surface area contributed by atoms with Crippen LogP contribution in [0.2, 0.25) is 5.15 Å². The quantitative estimate of drug-likeness (QED) is 0.116. The third kappa shape index (κ3) is 8.37. The number of nitrogens with zero attached hydrogens (tertiary/aromatic N) is 3. The molecule has 9 heterocycles. The minimum Gasteiger partial charge on any atom is -0.343 e. The van der Waals surface area contributed by atoms with Gasteiger partial charge in [0.2, 0.25) is 5.95 Å². The van der Waals surface area contributed by atoms with Crippen molar-refractivity contribution >= 4 is 44.7 Å². The van der Waals surface area contributed by atoms with Gasteiger partial charge in [0.05, 0.1) is 0 Å². The molecule has 3 aliphatic rings. The highest BCUT2D eigenvalue weighted by atomic mass is 35.5. The van der Waals surface area contributed by atoms with Crippen molar-refractivity contribution in [1.29, 1.82) is 0 Å². The summed E-state index contributed by atoms with van der Waals surface area (Å²) >= 11 is 5.85. The molecule has 3 aliphatic heterocycles. The van der Waals surface area contributed by atoms with Crippen molar-refractivity contribution in [1.82, 2.24) is 45.9 Å². The molecule has 6 aromatic heterocycles. The van der Waals surface area contributed by atoms with Crippen molar-refractivity contribution in [3.8, 4) is 0 Å². The Morgan fingerprint density at radius 2 is 1.11 bits per heavy atom. The number of nitrogens with one attached hydrogen (secondary N) is 6. The lowest BCUT2D eigenvalue weighted by Crippen LogP contribution is -2.23. The van der Waals surface area contributed by atoms with E-state index in [4.69, 9.17) is 11.6 Å². The number of halogens is 2. The Balaban J connectivity index is 0.000000112. The number of fused-ring (bicyclic) bond motifs is 3. The van der Waals surface area contributed by atoms with E-state index in [1.54, 1.807) is 6.07 Å². The van der Waals surface area contributed by atoms with Gasteiger partial charge in [-0.05, 0) is 113 Å². The maximum absolute atomic E-state index is 12.9. The standard InChI is InChI=1S/C12H14ClN3.C12H14FN3.C12H15N3/c2*13-11-4-3-8-6-10(15-12(8)16-11)7-9-2-1-5-14-9;1-3-9-7-11(15-12(9)14-6-1)8-10-4-2-5-13-10/h2*3-4,6,9,14H,1-2,5,7H2,(H,15,16);1,3,6-7,10,13H,2,4-5,8H2,(H,14,15)/t2*9-;10-/m000/s1. The lowest BCUT2D eigenvalue weighted by Gasteiger charge is -2.07. The molecule has 0 aliphatic carbocycles. The predicted octanol–water partition coefficient (Wildman–Crippen LogP) is 6.36. The minimum absolute atomic E-state index is 0.431. The number of H-pyrrole nitrogens is 3. The van der Waals surface area contributed by atoms with Crippen LogP contribution in [-0.2, 0) is 19.3 Å². The van der Waals surface area contributed by atoms with Gasteiger partial charge in [-0.1, -0.05) is 11.6 Å². The molecule has 0 amide bonds. The largest absolute Gasteiger partial charge is 0.343 e. The topological polar surface area (TPSA) is 122 Å². The van der Waals surface area contributed by atoms with Crippen LogP contribution in [-0.4, -0.2) is 67.7 Å². The summed E-state index contributed by atoms with van der Waals surface area (Å²) in [6.07, 6.45) is 12.6. The van der Waals surface area contributed by atoms with Crippen molar-refractivity contribution in [3.05, 3.63) is 89.0 Å². The van der Waals surface area contributed by atoms with E-state index in [0.29, 0.717) is 28.9 Å². The van der Waals surface area contributed by atoms with Crippen LogP contribution >= 0.6 is 11.6 Å². The molecule has 0 aromatic carbocycles. The van der Waals surface area contributed by atoms with Crippen LogP contribution in [0.3, 0.4) is 0 Å². The molecule has 3 atom stereocenters. The molecule has 6 N–H and O–H groups in total. The molecule has 9 rings (SSSR count). The van der Waals surface area contributed by atoms with E-state index >= 15 is 0 Å². The highest BCUT2D eigenvalue weighted by Crippen LogP contribution is 2.20. The van der Waals surface area contributed by atoms with Crippen molar-refractivity contribution < 1.29 is 4.39 Å². The van der Waals surface area contributed by atoms with E-state index < -0.39 is 5.95 Å². The number of hydrogen-bond acceptors (Lipinski definition) is 6. The Bertz CT molecular complexity index is 1770. The van der Waals surface area contributed by atoms with Crippen molar-refractivity contribution in [3.63, 3.8) is 0 Å². The van der Waals surface area contributed by atoms with Gasteiger partial charge < -0.3 is 30.9 Å². The van der Waals surface area contributed by atoms with Crippen molar-refractivity contribution in [2.75, 3.05) is 19.6 Å². The Labute approximate surface area is 278 Å². The normalized spacial score (nSPS) is 20.9. The third-order valence-electron chi connectivity index (χ3n) is 9.34. The minimum atomic E-state index is -0.431. The van der Waals surface area contributed by atoms with E-state index in [-0.39, 0.29) is 0 Å². The van der Waals surface area contributed by atoms with Gasteiger partial charge in [-0.15, -0.1) is 0 Å². The molecule has 0 spiro atoms. The second kappa shape index (κ2) is 14.9. The average molecular weight is 656 g/mol. The number of rotatable bonds is 6. The fourth-order valence-corrected chi connectivity index (χ4v) is 7.16. The van der Waals surface area contributed by atoms with E-state index in [1.165, 1.54) is 67.9 Å². The second-order valence-corrected chi connectivity index (χ2v) is 13.3. The molecule has 6 aromatic rings. The van der Waals surface area contributed by atoms with Crippen LogP contribution in [0.5, 0.6) is 0 Å². The first-order valence-corrected chi connectivity index (χ1v) is 17.3. The lowest BCUT2D eigenvalue weighted by molar-refractivity contribution is 0.587. The Morgan fingerprint density at radius 1 is 0.617 bits per heavy atom. The van der Waals surface area contributed by atoms with Crippen LogP contribution < -0.4 is 16.0 Å². The van der Waals surface area contributed by atoms with Crippen LogP contribution in [0, 0.1) is 5.95 Å². The summed E-state index contributed by atoms with van der Waals surface area (Å²) in [5.41, 5.74) is 6.21. The number of aromatic nitrogens is 6. The summed E-state index contributed by atoms with van der Waals surface area (Å²) in [4.78, 5) is 22.3. The van der Waals surface area contributed by atoms with Gasteiger partial charge in [0.15, 0.2) is 0 Å². The highest BCUT2D eigenvalue weighted by molar-refractivity contribution is 6.29. The number of hydrogen-bond donors (Lipinski definition) is 6. The van der Waals surface area contributed by atoms with Gasteiger partial charge in [0, 0.05) is 76.8 Å². The molecule has 246 valence electrons. The van der Waals surface area contributed by atoms with E-state index in [9.17, 15) is 4.39 Å². The molecule has 3 saturated heterocycles. The van der Waals surface area contributed by atoms with Crippen LogP contribution in [0.25, 0.3) is 33.1 Å². The van der Waals surface area contributed by atoms with E-state index in [1.807, 2.05) is 24.4 Å². The Kier molecular flexibility index (Phi) is 10.1. The van der Waals surface area contributed by atoms with E-state index in [2.05, 4.69) is 70.1 Å². The molecular formula is C36H43ClFN9. The van der Waals surface area contributed by atoms with Crippen molar-refractivity contribution in [2.45, 2.75) is 75.9 Å². The second-order valence-electron chi connectivity index (χ2n) is 13.0. The Morgan fingerprint density at radius 3 is 1.62 bits per heavy atom. The number of pyridine rings is 3. The fraction of sp³-hybridized carbons (Fsp3) is 0.417. The van der Waals surface area contributed by atoms with Crippen LogP contribution in [0.4, 0.5) is 4.39 Å². The predicted molar refractivity (Wildman–Crippen MR) is 187 cm³/mol. The van der Waals surface area contributed by atoms with Gasteiger partial charge in [0.25, 0.3) is 0 Å². The summed E-state index contributed by atoms with van der Waals surface area (Å²) in [5, 5.41) is 14.3. The molecular weight excluding hydrogens is 613 g/mol. The summed E-state index contributed by atoms with van der Waals surface area (Å²) in [7, 11) is 0. The van der Waals surface area contributed by atoms with Gasteiger partial charge in [0.1, 0.15) is 22.1 Å². The van der Waals surface area contributed by atoms with Gasteiger partial charge in [-0.2, -0.15) is 4.39 Å². The highest BCUT2D eigenvalue weighted by Gasteiger charge is 2.17. The molecule has 3 fully saturated rings. The molecule has 0 bridgehead atoms. The molecule has 0 radical (unpaired) electrons. The summed E-state index contributed by atoms with van der Waals surface area (Å²) in [5.74, 6) is -0.431. The summed E-state index contributed by atoms with van der Waals surface area (Å²) < 4.78 is 12.9. The first kappa shape index (κ1) is 31.8. The SMILES string of the molecule is Clc1ccc2cc(C[C@@H]3CCCN3)[nH]c2n1.Fc1ccc2cc(C[C@@H]3CCCN3)[nH]c2n1.c1cnc2[nH]c(C[C@@H]3CCCN3)cc2c1. The maximum Gasteiger partial charge on any atom is 0.214 e. The zero-order valence-corrected chi connectivity index (χ0v) is 27.3. The first-order valence-electron chi connectivity index (χ1n) is 16.9. The fourth-order valence-electron chi connectivity index (χ4n) is 7.01. The number of aromatic amines is 3. The summed E-state index contributed by atoms with van der Waals surface area (Å²) in [6, 6.07) is 19.3. The van der Waals surface area contributed by atoms with Crippen LogP contribution in [0.1, 0.15) is 55.6 Å².